The van der Waals surface area contributed by atoms with Crippen molar-refractivity contribution in [2.24, 2.45) is 0 Å². The van der Waals surface area contributed by atoms with E-state index in [9.17, 15) is 8.78 Å². The second-order valence-electron chi connectivity index (χ2n) is 2.70. The first-order chi connectivity index (χ1) is 6.63. The van der Waals surface area contributed by atoms with Crippen LogP contribution < -0.4 is 4.74 Å². The van der Waals surface area contributed by atoms with E-state index >= 15 is 0 Å². The van der Waals surface area contributed by atoms with Crippen LogP contribution in [0.2, 0.25) is 0 Å². The van der Waals surface area contributed by atoms with Crippen LogP contribution in [0.1, 0.15) is 0 Å². The molecule has 5 heteroatoms. The first kappa shape index (κ1) is 11.2. The van der Waals surface area contributed by atoms with Gasteiger partial charge in [-0.3, -0.25) is 0 Å². The largest absolute Gasteiger partial charge is 0.491 e. The van der Waals surface area contributed by atoms with E-state index in [0.717, 1.165) is 12.1 Å². The molecule has 0 aliphatic heterocycles. The summed E-state index contributed by atoms with van der Waals surface area (Å²) in [6.07, 6.45) is -0.815. The quantitative estimate of drug-likeness (QED) is 0.789. The van der Waals surface area contributed by atoms with E-state index in [-0.39, 0.29) is 18.2 Å². The molecule has 0 amide bonds. The van der Waals surface area contributed by atoms with Crippen LogP contribution in [0.4, 0.5) is 8.78 Å². The second kappa shape index (κ2) is 5.12. The molecule has 0 bridgehead atoms. The Morgan fingerprint density at radius 3 is 2.64 bits per heavy atom. The van der Waals surface area contributed by atoms with Gasteiger partial charge in [-0.1, -0.05) is 0 Å². The van der Waals surface area contributed by atoms with E-state index in [4.69, 9.17) is 21.4 Å². The summed E-state index contributed by atoms with van der Waals surface area (Å²) in [5, 5.41) is 9.02. The molecule has 0 aromatic heterocycles. The lowest BCUT2D eigenvalue weighted by atomic mass is 10.3. The Bertz CT molecular complexity index is 307. The highest BCUT2D eigenvalue weighted by Gasteiger charge is 2.06. The van der Waals surface area contributed by atoms with Crippen molar-refractivity contribution in [3.05, 3.63) is 29.8 Å². The van der Waals surface area contributed by atoms with Gasteiger partial charge in [0.05, 0.1) is 5.88 Å². The van der Waals surface area contributed by atoms with Crippen LogP contribution in [0.3, 0.4) is 0 Å². The highest BCUT2D eigenvalue weighted by Crippen LogP contribution is 2.15. The molecule has 1 N–H and O–H groups in total. The summed E-state index contributed by atoms with van der Waals surface area (Å²) in [6.45, 7) is -0.0471. The highest BCUT2D eigenvalue weighted by molar-refractivity contribution is 6.18. The van der Waals surface area contributed by atoms with Crippen LogP contribution in [-0.2, 0) is 0 Å². The summed E-state index contributed by atoms with van der Waals surface area (Å²) in [4.78, 5) is 0. The Labute approximate surface area is 85.1 Å². The maximum absolute atomic E-state index is 12.6. The van der Waals surface area contributed by atoms with Crippen LogP contribution >= 0.6 is 11.6 Å². The van der Waals surface area contributed by atoms with Crippen molar-refractivity contribution in [3.8, 4) is 5.75 Å². The third-order valence-corrected chi connectivity index (χ3v) is 1.87. The van der Waals surface area contributed by atoms with Gasteiger partial charge in [0.15, 0.2) is 11.6 Å². The third kappa shape index (κ3) is 3.12. The molecule has 78 valence electrons. The summed E-state index contributed by atoms with van der Waals surface area (Å²) in [7, 11) is 0. The fraction of sp³-hybridized carbons (Fsp3) is 0.333. The summed E-state index contributed by atoms with van der Waals surface area (Å²) in [5.41, 5.74) is 0. The molecular formula is C9H9ClF2O2. The molecule has 1 aromatic rings. The number of halogens is 3. The van der Waals surface area contributed by atoms with Crippen LogP contribution in [0.5, 0.6) is 5.75 Å². The standard InChI is InChI=1S/C9H9ClF2O2/c10-4-6(13)5-14-7-1-2-8(11)9(12)3-7/h1-3,6,13H,4-5H2/t6-/m0/s1. The van der Waals surface area contributed by atoms with Gasteiger partial charge in [0, 0.05) is 6.07 Å². The molecule has 1 rings (SSSR count). The van der Waals surface area contributed by atoms with Crippen LogP contribution in [0, 0.1) is 11.6 Å². The number of aliphatic hydroxyl groups is 1. The molecule has 0 spiro atoms. The maximum Gasteiger partial charge on any atom is 0.162 e. The van der Waals surface area contributed by atoms with Gasteiger partial charge >= 0.3 is 0 Å². The highest BCUT2D eigenvalue weighted by atomic mass is 35.5. The minimum absolute atomic E-state index is 0.0314. The Kier molecular flexibility index (Phi) is 4.10. The number of hydrogen-bond donors (Lipinski definition) is 1. The van der Waals surface area contributed by atoms with Gasteiger partial charge in [0.2, 0.25) is 0 Å². The molecule has 0 heterocycles. The van der Waals surface area contributed by atoms with Crippen molar-refractivity contribution < 1.29 is 18.6 Å². The van der Waals surface area contributed by atoms with Crippen LogP contribution in [0.15, 0.2) is 18.2 Å². The van der Waals surface area contributed by atoms with Crippen molar-refractivity contribution >= 4 is 11.6 Å². The molecule has 1 aromatic carbocycles. The first-order valence-corrected chi connectivity index (χ1v) is 4.49. The van der Waals surface area contributed by atoms with Crippen molar-refractivity contribution in [3.63, 3.8) is 0 Å². The zero-order valence-electron chi connectivity index (χ0n) is 7.21. The average molecular weight is 223 g/mol. The molecule has 0 saturated heterocycles. The van der Waals surface area contributed by atoms with Crippen molar-refractivity contribution in [1.82, 2.24) is 0 Å². The molecule has 1 atom stereocenters. The fourth-order valence-electron chi connectivity index (χ4n) is 0.804. The fourth-order valence-corrected chi connectivity index (χ4v) is 0.893. The van der Waals surface area contributed by atoms with Crippen LogP contribution in [0.25, 0.3) is 0 Å². The Morgan fingerprint density at radius 1 is 1.36 bits per heavy atom. The van der Waals surface area contributed by atoms with E-state index in [1.54, 1.807) is 0 Å². The van der Waals surface area contributed by atoms with E-state index in [1.165, 1.54) is 6.07 Å². The lowest BCUT2D eigenvalue weighted by molar-refractivity contribution is 0.125. The zero-order valence-corrected chi connectivity index (χ0v) is 7.97. The van der Waals surface area contributed by atoms with Gasteiger partial charge in [-0.2, -0.15) is 0 Å². The summed E-state index contributed by atoms with van der Waals surface area (Å²) >= 11 is 5.31. The van der Waals surface area contributed by atoms with E-state index in [1.807, 2.05) is 0 Å². The number of benzene rings is 1. The minimum atomic E-state index is -0.983. The predicted octanol–water partition coefficient (Wildman–Crippen LogP) is 1.94. The molecule has 0 saturated carbocycles. The van der Waals surface area contributed by atoms with Crippen molar-refractivity contribution in [2.45, 2.75) is 6.10 Å². The summed E-state index contributed by atoms with van der Waals surface area (Å²) in [6, 6.07) is 3.15. The molecule has 0 fully saturated rings. The molecule has 0 radical (unpaired) electrons. The monoisotopic (exact) mass is 222 g/mol. The van der Waals surface area contributed by atoms with Crippen molar-refractivity contribution in [2.75, 3.05) is 12.5 Å². The first-order valence-electron chi connectivity index (χ1n) is 3.95. The molecule has 0 unspecified atom stereocenters. The predicted molar refractivity (Wildman–Crippen MR) is 48.6 cm³/mol. The summed E-state index contributed by atoms with van der Waals surface area (Å²) < 4.78 is 30.1. The number of rotatable bonds is 4. The van der Waals surface area contributed by atoms with E-state index < -0.39 is 17.7 Å². The topological polar surface area (TPSA) is 29.5 Å². The zero-order chi connectivity index (χ0) is 10.6. The molecular weight excluding hydrogens is 214 g/mol. The maximum atomic E-state index is 12.6. The Hall–Kier alpha value is -0.870. The van der Waals surface area contributed by atoms with Crippen molar-refractivity contribution in [1.29, 1.82) is 0 Å². The Balaban J connectivity index is 2.55. The normalized spacial score (nSPS) is 12.6. The van der Waals surface area contributed by atoms with Gasteiger partial charge < -0.3 is 9.84 Å². The lowest BCUT2D eigenvalue weighted by Gasteiger charge is -2.09. The lowest BCUT2D eigenvalue weighted by Crippen LogP contribution is -2.18. The van der Waals surface area contributed by atoms with Gasteiger partial charge in [0.25, 0.3) is 0 Å². The molecule has 0 aliphatic rings. The number of alkyl halides is 1. The summed E-state index contributed by atoms with van der Waals surface area (Å²) in [5.74, 6) is -1.73. The minimum Gasteiger partial charge on any atom is -0.491 e. The SMILES string of the molecule is O[C@@H](CCl)COc1ccc(F)c(F)c1. The second-order valence-corrected chi connectivity index (χ2v) is 3.00. The molecule has 14 heavy (non-hydrogen) atoms. The molecule has 2 nitrogen and oxygen atoms in total. The average Bonchev–Trinajstić information content (AvgIpc) is 2.19. The molecule has 0 aliphatic carbocycles. The van der Waals surface area contributed by atoms with E-state index in [0.29, 0.717) is 0 Å². The van der Waals surface area contributed by atoms with E-state index in [2.05, 4.69) is 0 Å². The van der Waals surface area contributed by atoms with Gasteiger partial charge in [-0.25, -0.2) is 8.78 Å². The number of hydrogen-bond acceptors (Lipinski definition) is 2. The third-order valence-electron chi connectivity index (χ3n) is 1.51. The van der Waals surface area contributed by atoms with Crippen LogP contribution in [-0.4, -0.2) is 23.7 Å². The number of aliphatic hydroxyl groups excluding tert-OH is 1. The van der Waals surface area contributed by atoms with Gasteiger partial charge in [-0.05, 0) is 12.1 Å². The smallest absolute Gasteiger partial charge is 0.162 e. The van der Waals surface area contributed by atoms with Gasteiger partial charge in [-0.15, -0.1) is 11.6 Å². The number of ether oxygens (including phenoxy) is 1. The Morgan fingerprint density at radius 2 is 2.07 bits per heavy atom. The van der Waals surface area contributed by atoms with Gasteiger partial charge in [0.1, 0.15) is 18.5 Å².